The number of aryl methyl sites for hydroxylation is 2. The SMILES string of the molecule is C=C(c1ccc(CCC)c(F)c1)C1CCCC2(CC1)CC(CCC)CC(c1ccc(C)cc1)C2. The normalized spacial score (nSPS) is 27.5. The van der Waals surface area contributed by atoms with Crippen LogP contribution in [0.25, 0.3) is 5.57 Å². The van der Waals surface area contributed by atoms with Crippen LogP contribution in [-0.2, 0) is 6.42 Å². The predicted molar refractivity (Wildman–Crippen MR) is 145 cm³/mol. The van der Waals surface area contributed by atoms with Crippen LogP contribution in [0.3, 0.4) is 0 Å². The average molecular weight is 461 g/mol. The zero-order chi connectivity index (χ0) is 24.1. The van der Waals surface area contributed by atoms with Gasteiger partial charge in [-0.2, -0.15) is 0 Å². The van der Waals surface area contributed by atoms with Crippen LogP contribution < -0.4 is 0 Å². The summed E-state index contributed by atoms with van der Waals surface area (Å²) in [5, 5.41) is 0. The maximum atomic E-state index is 14.6. The fourth-order valence-corrected chi connectivity index (χ4v) is 7.19. The van der Waals surface area contributed by atoms with Gasteiger partial charge in [-0.15, -0.1) is 0 Å². The lowest BCUT2D eigenvalue weighted by Crippen LogP contribution is -2.32. The summed E-state index contributed by atoms with van der Waals surface area (Å²) >= 11 is 0. The first-order chi connectivity index (χ1) is 16.4. The number of hydrogen-bond acceptors (Lipinski definition) is 0. The summed E-state index contributed by atoms with van der Waals surface area (Å²) in [5.74, 6) is 1.98. The van der Waals surface area contributed by atoms with Gasteiger partial charge in [-0.1, -0.05) is 88.1 Å². The molecule has 0 saturated heterocycles. The molecule has 1 heteroatoms. The van der Waals surface area contributed by atoms with E-state index in [9.17, 15) is 4.39 Å². The smallest absolute Gasteiger partial charge is 0.127 e. The van der Waals surface area contributed by atoms with E-state index in [0.29, 0.717) is 17.3 Å². The van der Waals surface area contributed by atoms with E-state index in [1.807, 2.05) is 6.07 Å². The third kappa shape index (κ3) is 5.84. The van der Waals surface area contributed by atoms with Crippen molar-refractivity contribution in [2.24, 2.45) is 17.3 Å². The highest BCUT2D eigenvalue weighted by Crippen LogP contribution is 2.55. The van der Waals surface area contributed by atoms with Crippen LogP contribution in [0.2, 0.25) is 0 Å². The Morgan fingerprint density at radius 1 is 1.00 bits per heavy atom. The van der Waals surface area contributed by atoms with Gasteiger partial charge in [0.05, 0.1) is 0 Å². The minimum Gasteiger partial charge on any atom is -0.207 e. The van der Waals surface area contributed by atoms with Crippen LogP contribution in [0.5, 0.6) is 0 Å². The summed E-state index contributed by atoms with van der Waals surface area (Å²) in [4.78, 5) is 0. The molecule has 2 aliphatic rings. The summed E-state index contributed by atoms with van der Waals surface area (Å²) in [6.45, 7) is 11.1. The van der Waals surface area contributed by atoms with Crippen molar-refractivity contribution < 1.29 is 4.39 Å². The maximum absolute atomic E-state index is 14.6. The number of halogens is 1. The molecule has 4 unspecified atom stereocenters. The van der Waals surface area contributed by atoms with Crippen molar-refractivity contribution in [1.29, 1.82) is 0 Å². The van der Waals surface area contributed by atoms with Gasteiger partial charge >= 0.3 is 0 Å². The van der Waals surface area contributed by atoms with Crippen molar-refractivity contribution >= 4 is 5.57 Å². The van der Waals surface area contributed by atoms with Gasteiger partial charge in [-0.3, -0.25) is 0 Å². The molecule has 0 nitrogen and oxygen atoms in total. The first kappa shape index (κ1) is 25.2. The van der Waals surface area contributed by atoms with Gasteiger partial charge in [0.1, 0.15) is 5.82 Å². The first-order valence-electron chi connectivity index (χ1n) is 14.0. The lowest BCUT2D eigenvalue weighted by atomic mass is 9.60. The summed E-state index contributed by atoms with van der Waals surface area (Å²) in [6.07, 6.45) is 14.9. The first-order valence-corrected chi connectivity index (χ1v) is 14.0. The topological polar surface area (TPSA) is 0 Å². The molecule has 0 aliphatic heterocycles. The number of rotatable bonds is 7. The van der Waals surface area contributed by atoms with E-state index in [2.05, 4.69) is 57.7 Å². The molecule has 184 valence electrons. The van der Waals surface area contributed by atoms with Gasteiger partial charge in [0, 0.05) is 0 Å². The monoisotopic (exact) mass is 460 g/mol. The summed E-state index contributed by atoms with van der Waals surface area (Å²) < 4.78 is 14.6. The van der Waals surface area contributed by atoms with E-state index in [1.165, 1.54) is 69.8 Å². The molecule has 0 aromatic heterocycles. The second-order valence-electron chi connectivity index (χ2n) is 11.6. The van der Waals surface area contributed by atoms with Gasteiger partial charge in [-0.05, 0) is 110 Å². The maximum Gasteiger partial charge on any atom is 0.127 e. The molecular weight excluding hydrogens is 415 g/mol. The summed E-state index contributed by atoms with van der Waals surface area (Å²) in [5.41, 5.74) is 6.40. The average Bonchev–Trinajstić information content (AvgIpc) is 3.02. The molecule has 34 heavy (non-hydrogen) atoms. The molecule has 0 N–H and O–H groups in total. The predicted octanol–water partition coefficient (Wildman–Crippen LogP) is 10.1. The number of allylic oxidation sites excluding steroid dienone is 1. The lowest BCUT2D eigenvalue weighted by molar-refractivity contribution is 0.0941. The molecular formula is C33H45F. The zero-order valence-electron chi connectivity index (χ0n) is 21.8. The minimum atomic E-state index is -0.0544. The highest BCUT2D eigenvalue weighted by molar-refractivity contribution is 5.65. The zero-order valence-corrected chi connectivity index (χ0v) is 21.8. The molecule has 2 aromatic rings. The van der Waals surface area contributed by atoms with Crippen molar-refractivity contribution in [2.45, 2.75) is 104 Å². The fraction of sp³-hybridized carbons (Fsp3) is 0.576. The molecule has 1 spiro atoms. The lowest BCUT2D eigenvalue weighted by Gasteiger charge is -2.45. The Labute approximate surface area is 208 Å². The quantitative estimate of drug-likeness (QED) is 0.385. The van der Waals surface area contributed by atoms with E-state index in [0.717, 1.165) is 35.5 Å². The Morgan fingerprint density at radius 3 is 2.50 bits per heavy atom. The molecule has 0 amide bonds. The van der Waals surface area contributed by atoms with Crippen molar-refractivity contribution in [3.05, 3.63) is 77.1 Å². The van der Waals surface area contributed by atoms with Crippen molar-refractivity contribution in [1.82, 2.24) is 0 Å². The van der Waals surface area contributed by atoms with Crippen LogP contribution in [0.4, 0.5) is 4.39 Å². The molecule has 2 fully saturated rings. The fourth-order valence-electron chi connectivity index (χ4n) is 7.19. The molecule has 2 aromatic carbocycles. The molecule has 4 rings (SSSR count). The van der Waals surface area contributed by atoms with Crippen molar-refractivity contribution in [2.75, 3.05) is 0 Å². The largest absolute Gasteiger partial charge is 0.207 e. The van der Waals surface area contributed by atoms with Gasteiger partial charge in [0.25, 0.3) is 0 Å². The Kier molecular flexibility index (Phi) is 8.33. The van der Waals surface area contributed by atoms with Crippen LogP contribution in [-0.4, -0.2) is 0 Å². The highest BCUT2D eigenvalue weighted by Gasteiger charge is 2.42. The van der Waals surface area contributed by atoms with E-state index in [1.54, 1.807) is 11.6 Å². The molecule has 2 aliphatic carbocycles. The van der Waals surface area contributed by atoms with Crippen LogP contribution in [0.15, 0.2) is 49.0 Å². The van der Waals surface area contributed by atoms with Gasteiger partial charge < -0.3 is 0 Å². The molecule has 4 atom stereocenters. The summed E-state index contributed by atoms with van der Waals surface area (Å²) in [7, 11) is 0. The number of benzene rings is 2. The van der Waals surface area contributed by atoms with Gasteiger partial charge in [0.2, 0.25) is 0 Å². The van der Waals surface area contributed by atoms with Crippen LogP contribution in [0.1, 0.15) is 113 Å². The van der Waals surface area contributed by atoms with E-state index in [4.69, 9.17) is 0 Å². The Bertz CT molecular complexity index is 955. The molecule has 0 radical (unpaired) electrons. The second-order valence-corrected chi connectivity index (χ2v) is 11.6. The standard InChI is InChI=1S/C33H45F/c1-5-8-26-20-31(28-13-11-24(3)12-14-28)23-33(22-26)18-7-10-27(17-19-33)25(4)30-16-15-29(9-6-2)32(34)21-30/h11-16,21,26-27,31H,4-10,17-20,22-23H2,1-3H3. The van der Waals surface area contributed by atoms with Crippen LogP contribution >= 0.6 is 0 Å². The Morgan fingerprint density at radius 2 is 1.79 bits per heavy atom. The van der Waals surface area contributed by atoms with Gasteiger partial charge in [0.15, 0.2) is 0 Å². The second kappa shape index (κ2) is 11.2. The van der Waals surface area contributed by atoms with E-state index < -0.39 is 0 Å². The number of hydrogen-bond donors (Lipinski definition) is 0. The third-order valence-corrected chi connectivity index (χ3v) is 8.98. The Balaban J connectivity index is 1.49. The molecule has 2 saturated carbocycles. The molecule has 0 bridgehead atoms. The van der Waals surface area contributed by atoms with Crippen molar-refractivity contribution in [3.8, 4) is 0 Å². The molecule has 0 heterocycles. The van der Waals surface area contributed by atoms with Crippen LogP contribution in [0, 0.1) is 30.0 Å². The van der Waals surface area contributed by atoms with Gasteiger partial charge in [-0.25, -0.2) is 4.39 Å². The van der Waals surface area contributed by atoms with E-state index in [-0.39, 0.29) is 5.82 Å². The Hall–Kier alpha value is -1.89. The highest BCUT2D eigenvalue weighted by atomic mass is 19.1. The third-order valence-electron chi connectivity index (χ3n) is 8.98. The summed E-state index contributed by atoms with van der Waals surface area (Å²) in [6, 6.07) is 15.2. The minimum absolute atomic E-state index is 0.0544. The van der Waals surface area contributed by atoms with E-state index >= 15 is 0 Å². The van der Waals surface area contributed by atoms with Crippen molar-refractivity contribution in [3.63, 3.8) is 0 Å².